The Morgan fingerprint density at radius 1 is 1.12 bits per heavy atom. The van der Waals surface area contributed by atoms with Crippen LogP contribution in [0.5, 0.6) is 5.75 Å². The lowest BCUT2D eigenvalue weighted by Crippen LogP contribution is -2.52. The summed E-state index contributed by atoms with van der Waals surface area (Å²) in [6, 6.07) is 16.5. The molecule has 3 aromatic rings. The normalized spacial score (nSPS) is 13.8. The second-order valence-corrected chi connectivity index (χ2v) is 7.92. The number of anilines is 1. The van der Waals surface area contributed by atoms with E-state index >= 15 is 0 Å². The minimum Gasteiger partial charge on any atom is -0.496 e. The van der Waals surface area contributed by atoms with E-state index < -0.39 is 0 Å². The Balaban J connectivity index is 1.27. The molecular weight excluding hydrogens is 404 g/mol. The number of aryl methyl sites for hydroxylation is 2. The summed E-state index contributed by atoms with van der Waals surface area (Å²) in [6.45, 7) is 5.45. The maximum absolute atomic E-state index is 12.5. The molecule has 4 rings (SSSR count). The largest absolute Gasteiger partial charge is 0.496 e. The highest BCUT2D eigenvalue weighted by Gasteiger charge is 2.22. The molecule has 1 aliphatic rings. The van der Waals surface area contributed by atoms with Crippen molar-refractivity contribution in [3.05, 3.63) is 66.2 Å². The molecule has 0 unspecified atom stereocenters. The summed E-state index contributed by atoms with van der Waals surface area (Å²) in [5.74, 6) is 2.07. The van der Waals surface area contributed by atoms with Crippen molar-refractivity contribution in [1.82, 2.24) is 15.2 Å². The highest BCUT2D eigenvalue weighted by Crippen LogP contribution is 2.34. The predicted octanol–water partition coefficient (Wildman–Crippen LogP) is 4.12. The Bertz CT molecular complexity index is 1030. The van der Waals surface area contributed by atoms with Crippen LogP contribution in [-0.2, 0) is 6.42 Å². The highest BCUT2D eigenvalue weighted by molar-refractivity contribution is 5.75. The van der Waals surface area contributed by atoms with Gasteiger partial charge in [0.2, 0.25) is 0 Å². The van der Waals surface area contributed by atoms with E-state index in [1.54, 1.807) is 13.3 Å². The molecule has 0 atom stereocenters. The number of carbonyl (C=O) groups excluding carboxylic acids is 1. The van der Waals surface area contributed by atoms with Crippen molar-refractivity contribution < 1.29 is 13.9 Å². The molecule has 1 aromatic heterocycles. The molecule has 7 heteroatoms. The van der Waals surface area contributed by atoms with Crippen LogP contribution in [0.2, 0.25) is 0 Å². The molecule has 1 aliphatic heterocycles. The number of urea groups is 1. The highest BCUT2D eigenvalue weighted by atomic mass is 16.5. The number of oxazole rings is 1. The van der Waals surface area contributed by atoms with Gasteiger partial charge in [-0.1, -0.05) is 30.3 Å². The van der Waals surface area contributed by atoms with Gasteiger partial charge in [-0.2, -0.15) is 0 Å². The van der Waals surface area contributed by atoms with Crippen LogP contribution < -0.4 is 15.0 Å². The fraction of sp³-hybridized carbons (Fsp3) is 0.360. The number of ether oxygens (including phenoxy) is 1. The van der Waals surface area contributed by atoms with Gasteiger partial charge in [-0.3, -0.25) is 0 Å². The first-order valence-electron chi connectivity index (χ1n) is 11.1. The number of nitrogens with one attached hydrogen (secondary N) is 1. The van der Waals surface area contributed by atoms with Crippen LogP contribution in [-0.4, -0.2) is 55.7 Å². The quantitative estimate of drug-likeness (QED) is 0.567. The Labute approximate surface area is 189 Å². The van der Waals surface area contributed by atoms with Gasteiger partial charge in [-0.05, 0) is 30.5 Å². The molecule has 1 saturated heterocycles. The third-order valence-electron chi connectivity index (χ3n) is 5.77. The standard InChI is InChI=1S/C25H30N4O3/c1-19-27-18-24(32-19)22-11-10-21(17-23(22)31-2)28-13-15-29(16-14-28)25(30)26-12-6-9-20-7-4-3-5-8-20/h3-5,7-8,10-11,17-18H,6,9,12-16H2,1-2H3,(H,26,30). The van der Waals surface area contributed by atoms with Crippen molar-refractivity contribution >= 4 is 11.7 Å². The van der Waals surface area contributed by atoms with Gasteiger partial charge in [0, 0.05) is 51.4 Å². The van der Waals surface area contributed by atoms with Crippen LogP contribution in [0, 0.1) is 6.92 Å². The van der Waals surface area contributed by atoms with E-state index in [4.69, 9.17) is 9.15 Å². The summed E-state index contributed by atoms with van der Waals surface area (Å²) in [7, 11) is 1.66. The first-order valence-corrected chi connectivity index (χ1v) is 11.1. The van der Waals surface area contributed by atoms with E-state index in [0.29, 0.717) is 31.3 Å². The number of rotatable bonds is 7. The molecule has 0 spiro atoms. The van der Waals surface area contributed by atoms with Crippen molar-refractivity contribution in [2.24, 2.45) is 0 Å². The number of nitrogens with zero attached hydrogens (tertiary/aromatic N) is 3. The first kappa shape index (κ1) is 21.7. The molecule has 2 aromatic carbocycles. The summed E-state index contributed by atoms with van der Waals surface area (Å²) in [6.07, 6.45) is 3.62. The smallest absolute Gasteiger partial charge is 0.317 e. The molecule has 0 aliphatic carbocycles. The number of amides is 2. The van der Waals surface area contributed by atoms with Crippen LogP contribution in [0.1, 0.15) is 17.9 Å². The van der Waals surface area contributed by atoms with Crippen molar-refractivity contribution in [2.75, 3.05) is 44.7 Å². The maximum atomic E-state index is 12.5. The van der Waals surface area contributed by atoms with Gasteiger partial charge in [0.05, 0.1) is 18.9 Å². The lowest BCUT2D eigenvalue weighted by molar-refractivity contribution is 0.194. The molecule has 1 N–H and O–H groups in total. The number of hydrogen-bond donors (Lipinski definition) is 1. The van der Waals surface area contributed by atoms with Crippen LogP contribution in [0.15, 0.2) is 59.1 Å². The summed E-state index contributed by atoms with van der Waals surface area (Å²) < 4.78 is 11.2. The van der Waals surface area contributed by atoms with E-state index in [1.807, 2.05) is 42.2 Å². The van der Waals surface area contributed by atoms with Crippen molar-refractivity contribution in [1.29, 1.82) is 0 Å². The van der Waals surface area contributed by atoms with E-state index in [-0.39, 0.29) is 6.03 Å². The third-order valence-corrected chi connectivity index (χ3v) is 5.77. The van der Waals surface area contributed by atoms with Crippen molar-refractivity contribution in [3.63, 3.8) is 0 Å². The Hall–Kier alpha value is -3.48. The van der Waals surface area contributed by atoms with Crippen LogP contribution >= 0.6 is 0 Å². The number of carbonyl (C=O) groups is 1. The topological polar surface area (TPSA) is 70.8 Å². The minimum absolute atomic E-state index is 0.0197. The van der Waals surface area contributed by atoms with E-state index in [9.17, 15) is 4.79 Å². The second kappa shape index (κ2) is 10.2. The second-order valence-electron chi connectivity index (χ2n) is 7.92. The maximum Gasteiger partial charge on any atom is 0.317 e. The first-order chi connectivity index (χ1) is 15.6. The Morgan fingerprint density at radius 3 is 2.59 bits per heavy atom. The zero-order chi connectivity index (χ0) is 22.3. The van der Waals surface area contributed by atoms with Gasteiger partial charge in [0.1, 0.15) is 5.75 Å². The van der Waals surface area contributed by atoms with Crippen molar-refractivity contribution in [2.45, 2.75) is 19.8 Å². The summed E-state index contributed by atoms with van der Waals surface area (Å²) in [5, 5.41) is 3.06. The van der Waals surface area contributed by atoms with Crippen LogP contribution in [0.4, 0.5) is 10.5 Å². The van der Waals surface area contributed by atoms with E-state index in [0.717, 1.165) is 42.9 Å². The molecule has 7 nitrogen and oxygen atoms in total. The van der Waals surface area contributed by atoms with Crippen LogP contribution in [0.3, 0.4) is 0 Å². The van der Waals surface area contributed by atoms with Gasteiger partial charge in [0.15, 0.2) is 11.7 Å². The fourth-order valence-electron chi connectivity index (χ4n) is 3.98. The molecule has 0 radical (unpaired) electrons. The van der Waals surface area contributed by atoms with Gasteiger partial charge in [0.25, 0.3) is 0 Å². The monoisotopic (exact) mass is 434 g/mol. The molecule has 168 valence electrons. The molecule has 0 saturated carbocycles. The zero-order valence-electron chi connectivity index (χ0n) is 18.7. The number of methoxy groups -OCH3 is 1. The SMILES string of the molecule is COc1cc(N2CCN(C(=O)NCCCc3ccccc3)CC2)ccc1-c1cnc(C)o1. The van der Waals surface area contributed by atoms with Crippen LogP contribution in [0.25, 0.3) is 11.3 Å². The lowest BCUT2D eigenvalue weighted by atomic mass is 10.1. The molecule has 2 amide bonds. The summed E-state index contributed by atoms with van der Waals surface area (Å²) in [5.41, 5.74) is 3.25. The van der Waals surface area contributed by atoms with E-state index in [1.165, 1.54) is 5.56 Å². The van der Waals surface area contributed by atoms with Crippen molar-refractivity contribution in [3.8, 4) is 17.1 Å². The number of piperazine rings is 1. The number of benzene rings is 2. The Kier molecular flexibility index (Phi) is 6.94. The predicted molar refractivity (Wildman–Crippen MR) is 125 cm³/mol. The summed E-state index contributed by atoms with van der Waals surface area (Å²) in [4.78, 5) is 20.9. The summed E-state index contributed by atoms with van der Waals surface area (Å²) >= 11 is 0. The van der Waals surface area contributed by atoms with Gasteiger partial charge >= 0.3 is 6.03 Å². The number of aromatic nitrogens is 1. The van der Waals surface area contributed by atoms with Gasteiger partial charge < -0.3 is 24.3 Å². The molecular formula is C25H30N4O3. The van der Waals surface area contributed by atoms with Gasteiger partial charge in [-0.25, -0.2) is 9.78 Å². The van der Waals surface area contributed by atoms with Gasteiger partial charge in [-0.15, -0.1) is 0 Å². The third kappa shape index (κ3) is 5.22. The van der Waals surface area contributed by atoms with E-state index in [2.05, 4.69) is 33.4 Å². The lowest BCUT2D eigenvalue weighted by Gasteiger charge is -2.36. The zero-order valence-corrected chi connectivity index (χ0v) is 18.7. The number of hydrogen-bond acceptors (Lipinski definition) is 5. The molecule has 32 heavy (non-hydrogen) atoms. The minimum atomic E-state index is 0.0197. The molecule has 2 heterocycles. The fourth-order valence-corrected chi connectivity index (χ4v) is 3.98. The Morgan fingerprint density at radius 2 is 1.91 bits per heavy atom. The average Bonchev–Trinajstić information content (AvgIpc) is 3.28. The molecule has 0 bridgehead atoms. The molecule has 1 fully saturated rings. The average molecular weight is 435 g/mol.